The van der Waals surface area contributed by atoms with Gasteiger partial charge in [0, 0.05) is 16.2 Å². The second-order valence-corrected chi connectivity index (χ2v) is 5.87. The number of anilines is 1. The minimum Gasteiger partial charge on any atom is -0.378 e. The smallest absolute Gasteiger partial charge is 0.137 e. The summed E-state index contributed by atoms with van der Waals surface area (Å²) in [7, 11) is 0. The zero-order valence-corrected chi connectivity index (χ0v) is 13.2. The Bertz CT molecular complexity index is 602. The van der Waals surface area contributed by atoms with Gasteiger partial charge >= 0.3 is 0 Å². The molecular formula is C14H11Br2F2N. The number of rotatable bonds is 3. The maximum absolute atomic E-state index is 13.1. The maximum Gasteiger partial charge on any atom is 0.137 e. The number of nitrogens with one attached hydrogen (secondary N) is 1. The Balaban J connectivity index is 2.20. The molecule has 2 rings (SSSR count). The summed E-state index contributed by atoms with van der Waals surface area (Å²) >= 11 is 6.48. The van der Waals surface area contributed by atoms with E-state index < -0.39 is 0 Å². The Hall–Kier alpha value is -0.940. The molecule has 0 aliphatic heterocycles. The third kappa shape index (κ3) is 3.54. The van der Waals surface area contributed by atoms with Crippen molar-refractivity contribution >= 4 is 37.5 Å². The lowest BCUT2D eigenvalue weighted by Gasteiger charge is -2.17. The molecule has 19 heavy (non-hydrogen) atoms. The first-order chi connectivity index (χ1) is 8.97. The SMILES string of the molecule is CC(Nc1ccc(F)c(Br)c1)c1ccc(F)cc1Br. The molecule has 2 aromatic carbocycles. The first-order valence-electron chi connectivity index (χ1n) is 5.64. The van der Waals surface area contributed by atoms with E-state index in [4.69, 9.17) is 0 Å². The lowest BCUT2D eigenvalue weighted by Crippen LogP contribution is -2.07. The van der Waals surface area contributed by atoms with E-state index in [1.54, 1.807) is 18.2 Å². The molecule has 0 heterocycles. The van der Waals surface area contributed by atoms with Gasteiger partial charge in [0.2, 0.25) is 0 Å². The first-order valence-corrected chi connectivity index (χ1v) is 7.22. The van der Waals surface area contributed by atoms with Gasteiger partial charge in [0.1, 0.15) is 11.6 Å². The average Bonchev–Trinajstić information content (AvgIpc) is 2.33. The van der Waals surface area contributed by atoms with Crippen molar-refractivity contribution < 1.29 is 8.78 Å². The average molecular weight is 391 g/mol. The van der Waals surface area contributed by atoms with Crippen LogP contribution in [0.3, 0.4) is 0 Å². The van der Waals surface area contributed by atoms with E-state index in [1.165, 1.54) is 18.2 Å². The summed E-state index contributed by atoms with van der Waals surface area (Å²) < 4.78 is 27.3. The van der Waals surface area contributed by atoms with Crippen molar-refractivity contribution in [3.63, 3.8) is 0 Å². The number of hydrogen-bond donors (Lipinski definition) is 1. The molecule has 1 unspecified atom stereocenters. The van der Waals surface area contributed by atoms with E-state index in [1.807, 2.05) is 6.92 Å². The second kappa shape index (κ2) is 6.01. The molecular weight excluding hydrogens is 380 g/mol. The van der Waals surface area contributed by atoms with Gasteiger partial charge in [-0.05, 0) is 58.7 Å². The molecule has 0 saturated heterocycles. The van der Waals surface area contributed by atoms with Gasteiger partial charge in [-0.15, -0.1) is 0 Å². The topological polar surface area (TPSA) is 12.0 Å². The highest BCUT2D eigenvalue weighted by Crippen LogP contribution is 2.28. The van der Waals surface area contributed by atoms with Crippen LogP contribution < -0.4 is 5.32 Å². The Morgan fingerprint density at radius 1 is 1.00 bits per heavy atom. The third-order valence-electron chi connectivity index (χ3n) is 2.73. The molecule has 0 aromatic heterocycles. The molecule has 100 valence electrons. The number of halogens is 4. The quantitative estimate of drug-likeness (QED) is 0.712. The highest BCUT2D eigenvalue weighted by atomic mass is 79.9. The molecule has 0 amide bonds. The Labute approximate surface area is 127 Å². The molecule has 0 radical (unpaired) electrons. The lowest BCUT2D eigenvalue weighted by atomic mass is 10.1. The van der Waals surface area contributed by atoms with Gasteiger partial charge in [-0.1, -0.05) is 22.0 Å². The predicted molar refractivity (Wildman–Crippen MR) is 80.2 cm³/mol. The largest absolute Gasteiger partial charge is 0.378 e. The van der Waals surface area contributed by atoms with Crippen LogP contribution in [0.5, 0.6) is 0 Å². The van der Waals surface area contributed by atoms with Crippen molar-refractivity contribution in [1.29, 1.82) is 0 Å². The van der Waals surface area contributed by atoms with Crippen LogP contribution in [0.4, 0.5) is 14.5 Å². The van der Waals surface area contributed by atoms with Gasteiger partial charge in [0.05, 0.1) is 4.47 Å². The van der Waals surface area contributed by atoms with Crippen LogP contribution in [0.25, 0.3) is 0 Å². The molecule has 1 atom stereocenters. The minimum atomic E-state index is -0.304. The van der Waals surface area contributed by atoms with Crippen LogP contribution in [-0.2, 0) is 0 Å². The van der Waals surface area contributed by atoms with E-state index in [0.29, 0.717) is 8.95 Å². The molecule has 0 aliphatic rings. The number of benzene rings is 2. The van der Waals surface area contributed by atoms with Gasteiger partial charge in [-0.2, -0.15) is 0 Å². The van der Waals surface area contributed by atoms with Gasteiger partial charge in [0.15, 0.2) is 0 Å². The molecule has 2 aromatic rings. The van der Waals surface area contributed by atoms with Crippen molar-refractivity contribution in [2.45, 2.75) is 13.0 Å². The van der Waals surface area contributed by atoms with Gasteiger partial charge in [-0.3, -0.25) is 0 Å². The van der Waals surface area contributed by atoms with E-state index in [0.717, 1.165) is 11.3 Å². The second-order valence-electron chi connectivity index (χ2n) is 4.16. The fraction of sp³-hybridized carbons (Fsp3) is 0.143. The number of hydrogen-bond acceptors (Lipinski definition) is 1. The summed E-state index contributed by atoms with van der Waals surface area (Å²) in [6, 6.07) is 9.24. The maximum atomic E-state index is 13.1. The van der Waals surface area contributed by atoms with Gasteiger partial charge in [-0.25, -0.2) is 8.78 Å². The van der Waals surface area contributed by atoms with Gasteiger partial charge in [0.25, 0.3) is 0 Å². The molecule has 0 fully saturated rings. The standard InChI is InChI=1S/C14H11Br2F2N/c1-8(11-4-2-9(17)6-12(11)15)19-10-3-5-14(18)13(16)7-10/h2-8,19H,1H3. The Morgan fingerprint density at radius 2 is 1.74 bits per heavy atom. The Kier molecular flexibility index (Phi) is 4.58. The normalized spacial score (nSPS) is 12.3. The van der Waals surface area contributed by atoms with E-state index >= 15 is 0 Å². The minimum absolute atomic E-state index is 0.0349. The van der Waals surface area contributed by atoms with Crippen LogP contribution in [0.15, 0.2) is 45.3 Å². The summed E-state index contributed by atoms with van der Waals surface area (Å²) in [6.07, 6.45) is 0. The van der Waals surface area contributed by atoms with Crippen molar-refractivity contribution in [2.75, 3.05) is 5.32 Å². The zero-order valence-electron chi connectivity index (χ0n) is 10.1. The van der Waals surface area contributed by atoms with Crippen molar-refractivity contribution in [3.05, 3.63) is 62.5 Å². The highest BCUT2D eigenvalue weighted by Gasteiger charge is 2.10. The third-order valence-corrected chi connectivity index (χ3v) is 4.03. The summed E-state index contributed by atoms with van der Waals surface area (Å²) in [4.78, 5) is 0. The molecule has 0 bridgehead atoms. The van der Waals surface area contributed by atoms with Crippen molar-refractivity contribution in [2.24, 2.45) is 0 Å². The molecule has 0 saturated carbocycles. The van der Waals surface area contributed by atoms with Crippen LogP contribution >= 0.6 is 31.9 Å². The fourth-order valence-electron chi connectivity index (χ4n) is 1.77. The summed E-state index contributed by atoms with van der Waals surface area (Å²) in [6.45, 7) is 1.95. The van der Waals surface area contributed by atoms with Crippen LogP contribution in [0.2, 0.25) is 0 Å². The van der Waals surface area contributed by atoms with E-state index in [-0.39, 0.29) is 17.7 Å². The van der Waals surface area contributed by atoms with E-state index in [9.17, 15) is 8.78 Å². The molecule has 1 nitrogen and oxygen atoms in total. The highest BCUT2D eigenvalue weighted by molar-refractivity contribution is 9.10. The summed E-state index contributed by atoms with van der Waals surface area (Å²) in [5.74, 6) is -0.589. The van der Waals surface area contributed by atoms with E-state index in [2.05, 4.69) is 37.2 Å². The van der Waals surface area contributed by atoms with Crippen LogP contribution in [0.1, 0.15) is 18.5 Å². The predicted octanol–water partition coefficient (Wildman–Crippen LogP) is 5.66. The molecule has 5 heteroatoms. The fourth-order valence-corrected chi connectivity index (χ4v) is 2.84. The van der Waals surface area contributed by atoms with Gasteiger partial charge < -0.3 is 5.32 Å². The van der Waals surface area contributed by atoms with Crippen LogP contribution in [0, 0.1) is 11.6 Å². The summed E-state index contributed by atoms with van der Waals surface area (Å²) in [5.41, 5.74) is 1.72. The zero-order chi connectivity index (χ0) is 14.0. The molecule has 0 spiro atoms. The van der Waals surface area contributed by atoms with Crippen molar-refractivity contribution in [3.8, 4) is 0 Å². The van der Waals surface area contributed by atoms with Crippen LogP contribution in [-0.4, -0.2) is 0 Å². The Morgan fingerprint density at radius 3 is 2.37 bits per heavy atom. The molecule has 1 N–H and O–H groups in total. The van der Waals surface area contributed by atoms with Crippen molar-refractivity contribution in [1.82, 2.24) is 0 Å². The molecule has 0 aliphatic carbocycles. The first kappa shape index (κ1) is 14.5. The lowest BCUT2D eigenvalue weighted by molar-refractivity contribution is 0.621. The monoisotopic (exact) mass is 389 g/mol. The summed E-state index contributed by atoms with van der Waals surface area (Å²) in [5, 5.41) is 3.24.